The molecule has 2 rings (SSSR count). The summed E-state index contributed by atoms with van der Waals surface area (Å²) in [7, 11) is 0.166. The predicted molar refractivity (Wildman–Crippen MR) is 103 cm³/mol. The molecule has 0 amide bonds. The number of aromatic nitrogens is 2. The van der Waals surface area contributed by atoms with E-state index >= 15 is 0 Å². The molecule has 0 aromatic carbocycles. The van der Waals surface area contributed by atoms with Crippen molar-refractivity contribution in [1.82, 2.24) is 14.5 Å². The summed E-state index contributed by atoms with van der Waals surface area (Å²) in [5, 5.41) is 0.140. The van der Waals surface area contributed by atoms with E-state index in [0.717, 1.165) is 5.69 Å². The molecule has 0 spiro atoms. The van der Waals surface area contributed by atoms with Crippen molar-refractivity contribution in [2.45, 2.75) is 44.6 Å². The molecule has 8 nitrogen and oxygen atoms in total. The van der Waals surface area contributed by atoms with Gasteiger partial charge in [-0.25, -0.2) is 13.4 Å². The Balaban J connectivity index is 2.11. The van der Waals surface area contributed by atoms with Gasteiger partial charge in [-0.05, 0) is 19.4 Å². The maximum Gasteiger partial charge on any atom is 0.227 e. The minimum atomic E-state index is -3.43. The van der Waals surface area contributed by atoms with Gasteiger partial charge in [-0.3, -0.25) is 4.90 Å². The van der Waals surface area contributed by atoms with Gasteiger partial charge in [0.1, 0.15) is 0 Å². The summed E-state index contributed by atoms with van der Waals surface area (Å²) in [6.07, 6.45) is 2.31. The summed E-state index contributed by atoms with van der Waals surface area (Å²) in [6.45, 7) is 8.06. The zero-order valence-electron chi connectivity index (χ0n) is 16.9. The standard InChI is InChI=1S/C18H33N3O5S/c1-15(2)5-10-27(22,23)18-19-11-16(21(18)6-7-24-4)12-20(3)13-17-14-25-8-9-26-17/h11,15,17H,5-10,12-14H2,1-4H3. The number of nitrogens with zero attached hydrogens (tertiary/aromatic N) is 3. The monoisotopic (exact) mass is 403 g/mol. The van der Waals surface area contributed by atoms with Crippen molar-refractivity contribution in [3.63, 3.8) is 0 Å². The maximum atomic E-state index is 12.8. The second-order valence-corrected chi connectivity index (χ2v) is 9.45. The Morgan fingerprint density at radius 1 is 1.41 bits per heavy atom. The number of ether oxygens (including phenoxy) is 3. The highest BCUT2D eigenvalue weighted by Crippen LogP contribution is 2.17. The van der Waals surface area contributed by atoms with E-state index in [1.165, 1.54) is 0 Å². The molecule has 1 aromatic heterocycles. The van der Waals surface area contributed by atoms with Crippen LogP contribution in [0.5, 0.6) is 0 Å². The van der Waals surface area contributed by atoms with Gasteiger partial charge in [-0.15, -0.1) is 0 Å². The van der Waals surface area contributed by atoms with Crippen molar-refractivity contribution < 1.29 is 22.6 Å². The van der Waals surface area contributed by atoms with Gasteiger partial charge in [0.15, 0.2) is 0 Å². The fraction of sp³-hybridized carbons (Fsp3) is 0.833. The molecule has 0 N–H and O–H groups in total. The summed E-state index contributed by atoms with van der Waals surface area (Å²) < 4.78 is 43.6. The highest BCUT2D eigenvalue weighted by molar-refractivity contribution is 7.91. The van der Waals surface area contributed by atoms with E-state index in [4.69, 9.17) is 14.2 Å². The predicted octanol–water partition coefficient (Wildman–Crippen LogP) is 1.20. The Morgan fingerprint density at radius 3 is 2.81 bits per heavy atom. The van der Waals surface area contributed by atoms with Crippen molar-refractivity contribution in [2.75, 3.05) is 52.9 Å². The third kappa shape index (κ3) is 6.83. The van der Waals surface area contributed by atoms with Crippen LogP contribution in [-0.4, -0.2) is 81.9 Å². The molecule has 2 heterocycles. The topological polar surface area (TPSA) is 82.9 Å². The fourth-order valence-corrected chi connectivity index (χ4v) is 4.72. The average molecular weight is 404 g/mol. The van der Waals surface area contributed by atoms with Gasteiger partial charge < -0.3 is 18.8 Å². The first-order chi connectivity index (χ1) is 12.8. The van der Waals surface area contributed by atoms with Gasteiger partial charge in [0, 0.05) is 26.7 Å². The summed E-state index contributed by atoms with van der Waals surface area (Å²) in [6, 6.07) is 0. The smallest absolute Gasteiger partial charge is 0.227 e. The Labute approximate surface area is 162 Å². The zero-order chi connectivity index (χ0) is 19.9. The first-order valence-corrected chi connectivity index (χ1v) is 11.1. The van der Waals surface area contributed by atoms with Crippen LogP contribution in [-0.2, 0) is 37.1 Å². The minimum absolute atomic E-state index is 0.0355. The molecule has 0 aliphatic carbocycles. The Hall–Kier alpha value is -1.000. The summed E-state index contributed by atoms with van der Waals surface area (Å²) in [4.78, 5) is 6.36. The molecule has 0 saturated carbocycles. The van der Waals surface area contributed by atoms with Crippen LogP contribution in [0.1, 0.15) is 26.0 Å². The number of sulfone groups is 1. The van der Waals surface area contributed by atoms with Crippen LogP contribution in [0.4, 0.5) is 0 Å². The fourth-order valence-electron chi connectivity index (χ4n) is 3.00. The lowest BCUT2D eigenvalue weighted by molar-refractivity contribution is -0.0964. The van der Waals surface area contributed by atoms with E-state index in [-0.39, 0.29) is 17.0 Å². The maximum absolute atomic E-state index is 12.8. The molecule has 1 aliphatic rings. The number of rotatable bonds is 11. The Morgan fingerprint density at radius 2 is 2.19 bits per heavy atom. The molecule has 0 bridgehead atoms. The number of methoxy groups -OCH3 is 1. The summed E-state index contributed by atoms with van der Waals surface area (Å²) in [5.41, 5.74) is 0.856. The third-order valence-electron chi connectivity index (χ3n) is 4.49. The molecule has 1 atom stereocenters. The van der Waals surface area contributed by atoms with Crippen molar-refractivity contribution in [3.8, 4) is 0 Å². The van der Waals surface area contributed by atoms with Crippen molar-refractivity contribution in [2.24, 2.45) is 5.92 Å². The normalized spacial score (nSPS) is 18.5. The molecule has 1 aromatic rings. The lowest BCUT2D eigenvalue weighted by Crippen LogP contribution is -2.38. The van der Waals surface area contributed by atoms with Gasteiger partial charge >= 0.3 is 0 Å². The van der Waals surface area contributed by atoms with Crippen LogP contribution < -0.4 is 0 Å². The molecule has 1 unspecified atom stereocenters. The molecule has 1 saturated heterocycles. The molecule has 9 heteroatoms. The molecular formula is C18H33N3O5S. The lowest BCUT2D eigenvalue weighted by atomic mass is 10.2. The van der Waals surface area contributed by atoms with Gasteiger partial charge in [0.05, 0.1) is 50.2 Å². The molecule has 27 heavy (non-hydrogen) atoms. The van der Waals surface area contributed by atoms with Gasteiger partial charge in [-0.1, -0.05) is 13.8 Å². The van der Waals surface area contributed by atoms with Gasteiger partial charge in [-0.2, -0.15) is 0 Å². The zero-order valence-corrected chi connectivity index (χ0v) is 17.7. The largest absolute Gasteiger partial charge is 0.383 e. The van der Waals surface area contributed by atoms with E-state index < -0.39 is 9.84 Å². The third-order valence-corrected chi connectivity index (χ3v) is 6.15. The van der Waals surface area contributed by atoms with Crippen LogP contribution in [0.2, 0.25) is 0 Å². The van der Waals surface area contributed by atoms with E-state index in [2.05, 4.69) is 9.88 Å². The Bertz CT molecular complexity index is 669. The number of hydrogen-bond acceptors (Lipinski definition) is 7. The van der Waals surface area contributed by atoms with Crippen LogP contribution >= 0.6 is 0 Å². The summed E-state index contributed by atoms with van der Waals surface area (Å²) >= 11 is 0. The van der Waals surface area contributed by atoms with Crippen molar-refractivity contribution in [1.29, 1.82) is 0 Å². The minimum Gasteiger partial charge on any atom is -0.383 e. The number of imidazole rings is 1. The van der Waals surface area contributed by atoms with Crippen LogP contribution in [0.25, 0.3) is 0 Å². The summed E-state index contributed by atoms with van der Waals surface area (Å²) in [5.74, 6) is 0.433. The number of likely N-dealkylation sites (N-methyl/N-ethyl adjacent to an activating group) is 1. The van der Waals surface area contributed by atoms with Crippen LogP contribution in [0, 0.1) is 5.92 Å². The highest BCUT2D eigenvalue weighted by atomic mass is 32.2. The van der Waals surface area contributed by atoms with E-state index in [1.807, 2.05) is 20.9 Å². The van der Waals surface area contributed by atoms with Crippen molar-refractivity contribution >= 4 is 9.84 Å². The second kappa shape index (κ2) is 10.5. The van der Waals surface area contributed by atoms with Gasteiger partial charge in [0.25, 0.3) is 0 Å². The Kier molecular flexibility index (Phi) is 8.68. The lowest BCUT2D eigenvalue weighted by Gasteiger charge is -2.27. The quantitative estimate of drug-likeness (QED) is 0.549. The van der Waals surface area contributed by atoms with E-state index in [9.17, 15) is 8.42 Å². The molecule has 156 valence electrons. The first kappa shape index (κ1) is 22.3. The first-order valence-electron chi connectivity index (χ1n) is 9.47. The number of hydrogen-bond donors (Lipinski definition) is 0. The van der Waals surface area contributed by atoms with Crippen LogP contribution in [0.15, 0.2) is 11.4 Å². The van der Waals surface area contributed by atoms with Crippen LogP contribution in [0.3, 0.4) is 0 Å². The van der Waals surface area contributed by atoms with E-state index in [1.54, 1.807) is 17.9 Å². The van der Waals surface area contributed by atoms with Crippen molar-refractivity contribution in [3.05, 3.63) is 11.9 Å². The SMILES string of the molecule is COCCn1c(CN(C)CC2COCCO2)cnc1S(=O)(=O)CCC(C)C. The molecule has 0 radical (unpaired) electrons. The average Bonchev–Trinajstić information content (AvgIpc) is 3.02. The van der Waals surface area contributed by atoms with Gasteiger partial charge in [0.2, 0.25) is 15.0 Å². The van der Waals surface area contributed by atoms with E-state index in [0.29, 0.717) is 58.4 Å². The molecule has 1 fully saturated rings. The highest BCUT2D eigenvalue weighted by Gasteiger charge is 2.24. The molecule has 1 aliphatic heterocycles. The molecular weight excluding hydrogens is 370 g/mol. The second-order valence-electron chi connectivity index (χ2n) is 7.44.